The van der Waals surface area contributed by atoms with Crippen LogP contribution in [0.4, 0.5) is 0 Å². The molecule has 0 saturated carbocycles. The third kappa shape index (κ3) is 4.14. The van der Waals surface area contributed by atoms with Gasteiger partial charge in [0.25, 0.3) is 0 Å². The fourth-order valence-corrected chi connectivity index (χ4v) is 3.12. The highest BCUT2D eigenvalue weighted by molar-refractivity contribution is 6.30. The second kappa shape index (κ2) is 7.33. The van der Waals surface area contributed by atoms with Gasteiger partial charge in [0, 0.05) is 37.3 Å². The van der Waals surface area contributed by atoms with E-state index in [9.17, 15) is 4.79 Å². The zero-order chi connectivity index (χ0) is 17.0. The Morgan fingerprint density at radius 1 is 1.46 bits per heavy atom. The number of terminal acetylenes is 1. The van der Waals surface area contributed by atoms with E-state index in [0.717, 1.165) is 12.0 Å². The molecule has 0 aliphatic carbocycles. The number of nitrogens with zero attached hydrogens (tertiary/aromatic N) is 3. The van der Waals surface area contributed by atoms with Gasteiger partial charge in [-0.3, -0.25) is 4.79 Å². The van der Waals surface area contributed by atoms with Gasteiger partial charge < -0.3 is 9.64 Å². The van der Waals surface area contributed by atoms with Crippen molar-refractivity contribution >= 4 is 17.5 Å². The first-order valence-corrected chi connectivity index (χ1v) is 8.52. The highest BCUT2D eigenvalue weighted by Gasteiger charge is 2.40. The summed E-state index contributed by atoms with van der Waals surface area (Å²) < 4.78 is 5.80. The second-order valence-corrected chi connectivity index (χ2v) is 6.58. The molecule has 2 aliphatic heterocycles. The van der Waals surface area contributed by atoms with Crippen LogP contribution in [0.5, 0.6) is 0 Å². The number of hydrogen-bond donors (Lipinski definition) is 0. The maximum atomic E-state index is 12.5. The number of morpholine rings is 1. The van der Waals surface area contributed by atoms with Crippen molar-refractivity contribution in [1.29, 1.82) is 0 Å². The molecule has 1 aromatic rings. The molecule has 126 valence electrons. The quantitative estimate of drug-likeness (QED) is 0.740. The molecule has 0 N–H and O–H groups in total. The first-order chi connectivity index (χ1) is 11.6. The fourth-order valence-electron chi connectivity index (χ4n) is 2.92. The lowest BCUT2D eigenvalue weighted by atomic mass is 10.0. The molecular formula is C18H20ClN3O2. The van der Waals surface area contributed by atoms with Gasteiger partial charge in [0.1, 0.15) is 6.10 Å². The van der Waals surface area contributed by atoms with E-state index in [2.05, 4.69) is 16.1 Å². The van der Waals surface area contributed by atoms with Crippen molar-refractivity contribution in [3.05, 3.63) is 34.9 Å². The summed E-state index contributed by atoms with van der Waals surface area (Å²) in [5.74, 6) is 2.71. The van der Waals surface area contributed by atoms with E-state index in [-0.39, 0.29) is 12.0 Å². The lowest BCUT2D eigenvalue weighted by Crippen LogP contribution is -2.42. The summed E-state index contributed by atoms with van der Waals surface area (Å²) >= 11 is 6.04. The molecular weight excluding hydrogens is 326 g/mol. The molecule has 3 rings (SSSR count). The normalized spacial score (nSPS) is 21.3. The van der Waals surface area contributed by atoms with Crippen LogP contribution in [0, 0.1) is 12.3 Å². The van der Waals surface area contributed by atoms with Gasteiger partial charge in [-0.25, -0.2) is 0 Å². The molecule has 1 amide bonds. The molecule has 2 aliphatic rings. The number of carbonyl (C=O) groups is 1. The molecule has 2 heterocycles. The lowest BCUT2D eigenvalue weighted by molar-refractivity contribution is -0.139. The Morgan fingerprint density at radius 2 is 2.29 bits per heavy atom. The van der Waals surface area contributed by atoms with Gasteiger partial charge in [-0.2, -0.15) is 10.2 Å². The van der Waals surface area contributed by atoms with Crippen LogP contribution in [0.1, 0.15) is 37.4 Å². The number of hydrogen-bond acceptors (Lipinski definition) is 4. The molecule has 5 nitrogen and oxygen atoms in total. The van der Waals surface area contributed by atoms with Crippen LogP contribution in [-0.2, 0) is 9.53 Å². The average Bonchev–Trinajstić information content (AvgIpc) is 3.38. The second-order valence-electron chi connectivity index (χ2n) is 6.14. The van der Waals surface area contributed by atoms with E-state index >= 15 is 0 Å². The van der Waals surface area contributed by atoms with Gasteiger partial charge >= 0.3 is 0 Å². The Bertz CT molecular complexity index is 677. The Balaban J connectivity index is 1.53. The Labute approximate surface area is 147 Å². The molecule has 24 heavy (non-hydrogen) atoms. The number of benzene rings is 1. The van der Waals surface area contributed by atoms with Gasteiger partial charge in [-0.05, 0) is 17.7 Å². The van der Waals surface area contributed by atoms with E-state index in [0.29, 0.717) is 44.0 Å². The fraction of sp³-hybridized carbons (Fsp3) is 0.500. The molecule has 1 unspecified atom stereocenters. The van der Waals surface area contributed by atoms with E-state index in [1.54, 1.807) is 0 Å². The van der Waals surface area contributed by atoms with Gasteiger partial charge in [0.05, 0.1) is 13.2 Å². The van der Waals surface area contributed by atoms with Crippen LogP contribution >= 0.6 is 11.6 Å². The van der Waals surface area contributed by atoms with Crippen LogP contribution in [0.2, 0.25) is 5.02 Å². The minimum atomic E-state index is -0.402. The largest absolute Gasteiger partial charge is 0.370 e. The van der Waals surface area contributed by atoms with Gasteiger partial charge in [0.15, 0.2) is 5.66 Å². The summed E-state index contributed by atoms with van der Waals surface area (Å²) in [6, 6.07) is 7.58. The molecule has 0 spiro atoms. The molecule has 1 aromatic carbocycles. The summed E-state index contributed by atoms with van der Waals surface area (Å²) in [5, 5.41) is 8.83. The predicted molar refractivity (Wildman–Crippen MR) is 91.6 cm³/mol. The van der Waals surface area contributed by atoms with Crippen molar-refractivity contribution < 1.29 is 9.53 Å². The van der Waals surface area contributed by atoms with Crippen LogP contribution < -0.4 is 0 Å². The smallest absolute Gasteiger partial charge is 0.222 e. The number of rotatable bonds is 6. The monoisotopic (exact) mass is 345 g/mol. The summed E-state index contributed by atoms with van der Waals surface area (Å²) in [6.07, 6.45) is 7.58. The lowest BCUT2D eigenvalue weighted by Gasteiger charge is -2.33. The summed E-state index contributed by atoms with van der Waals surface area (Å²) in [4.78, 5) is 14.4. The van der Waals surface area contributed by atoms with E-state index in [1.807, 2.05) is 29.2 Å². The summed E-state index contributed by atoms with van der Waals surface area (Å²) in [5.41, 5.74) is 0.596. The Kier molecular flexibility index (Phi) is 5.17. The predicted octanol–water partition coefficient (Wildman–Crippen LogP) is 3.60. The van der Waals surface area contributed by atoms with Gasteiger partial charge in [-0.15, -0.1) is 12.3 Å². The van der Waals surface area contributed by atoms with Crippen molar-refractivity contribution in [3.8, 4) is 12.3 Å². The van der Waals surface area contributed by atoms with Crippen molar-refractivity contribution in [2.75, 3.05) is 19.7 Å². The van der Waals surface area contributed by atoms with Crippen LogP contribution in [0.25, 0.3) is 0 Å². The van der Waals surface area contributed by atoms with Crippen molar-refractivity contribution in [3.63, 3.8) is 0 Å². The van der Waals surface area contributed by atoms with E-state index in [1.165, 1.54) is 0 Å². The van der Waals surface area contributed by atoms with Gasteiger partial charge in [-0.1, -0.05) is 23.7 Å². The minimum Gasteiger partial charge on any atom is -0.370 e. The first-order valence-electron chi connectivity index (χ1n) is 8.14. The van der Waals surface area contributed by atoms with Crippen LogP contribution in [0.3, 0.4) is 0 Å². The molecule has 0 bridgehead atoms. The molecule has 0 aromatic heterocycles. The zero-order valence-electron chi connectivity index (χ0n) is 13.4. The van der Waals surface area contributed by atoms with E-state index < -0.39 is 5.66 Å². The van der Waals surface area contributed by atoms with Gasteiger partial charge in [0.2, 0.25) is 5.91 Å². The standard InChI is InChI=1S/C18H20ClN3O2/c1-2-3-8-18(20-21-18)9-7-17(23)22-10-11-24-16(13-22)14-5-4-6-15(19)12-14/h1,4-6,12,16H,3,7-11,13H2. The van der Waals surface area contributed by atoms with Crippen LogP contribution in [0.15, 0.2) is 34.5 Å². The van der Waals surface area contributed by atoms with Crippen molar-refractivity contribution in [1.82, 2.24) is 4.90 Å². The van der Waals surface area contributed by atoms with Crippen molar-refractivity contribution in [2.24, 2.45) is 10.2 Å². The SMILES string of the molecule is C#CCCC1(CCC(=O)N2CCOC(c3cccc(Cl)c3)C2)N=N1. The number of carbonyl (C=O) groups excluding carboxylic acids is 1. The topological polar surface area (TPSA) is 54.3 Å². The highest BCUT2D eigenvalue weighted by atomic mass is 35.5. The third-order valence-corrected chi connectivity index (χ3v) is 4.67. The molecule has 1 saturated heterocycles. The average molecular weight is 346 g/mol. The maximum absolute atomic E-state index is 12.5. The molecule has 0 radical (unpaired) electrons. The maximum Gasteiger partial charge on any atom is 0.222 e. The van der Waals surface area contributed by atoms with E-state index in [4.69, 9.17) is 22.8 Å². The third-order valence-electron chi connectivity index (χ3n) is 4.43. The number of amides is 1. The highest BCUT2D eigenvalue weighted by Crippen LogP contribution is 2.38. The Morgan fingerprint density at radius 3 is 3.00 bits per heavy atom. The number of ether oxygens (including phenoxy) is 1. The molecule has 1 atom stereocenters. The molecule has 1 fully saturated rings. The van der Waals surface area contributed by atoms with Crippen molar-refractivity contribution in [2.45, 2.75) is 37.5 Å². The van der Waals surface area contributed by atoms with Crippen LogP contribution in [-0.4, -0.2) is 36.2 Å². The summed E-state index contributed by atoms with van der Waals surface area (Å²) in [6.45, 7) is 1.69. The first kappa shape index (κ1) is 16.9. The Hall–Kier alpha value is -1.90. The number of halogens is 1. The summed E-state index contributed by atoms with van der Waals surface area (Å²) in [7, 11) is 0. The zero-order valence-corrected chi connectivity index (χ0v) is 14.2. The minimum absolute atomic E-state index is 0.114. The molecule has 6 heteroatoms.